The standard InChI is InChI=1S/C17H13BrN4O4/c18-12-7-14-13(25-9-26-14)6-10(12)8-24-17(23)15-16(19)21-22(20-15)11-4-2-1-3-5-11/h1-7H,8-9H2,(H2,19,21). The number of halogens is 1. The molecule has 2 N–H and O–H groups in total. The van der Waals surface area contributed by atoms with E-state index in [-0.39, 0.29) is 24.9 Å². The Morgan fingerprint density at radius 1 is 1.19 bits per heavy atom. The summed E-state index contributed by atoms with van der Waals surface area (Å²) in [6, 6.07) is 12.7. The van der Waals surface area contributed by atoms with Crippen molar-refractivity contribution < 1.29 is 19.0 Å². The number of esters is 1. The maximum Gasteiger partial charge on any atom is 0.363 e. The molecule has 0 unspecified atom stereocenters. The van der Waals surface area contributed by atoms with Gasteiger partial charge in [0.2, 0.25) is 12.5 Å². The number of nitrogens with two attached hydrogens (primary N) is 1. The van der Waals surface area contributed by atoms with E-state index < -0.39 is 5.97 Å². The molecule has 4 rings (SSSR count). The van der Waals surface area contributed by atoms with Crippen molar-refractivity contribution in [2.24, 2.45) is 0 Å². The minimum absolute atomic E-state index is 0.00334. The highest BCUT2D eigenvalue weighted by atomic mass is 79.9. The summed E-state index contributed by atoms with van der Waals surface area (Å²) in [5.74, 6) is 0.591. The lowest BCUT2D eigenvalue weighted by molar-refractivity contribution is 0.0465. The average molecular weight is 417 g/mol. The van der Waals surface area contributed by atoms with Crippen LogP contribution in [0.1, 0.15) is 16.1 Å². The van der Waals surface area contributed by atoms with Gasteiger partial charge in [-0.05, 0) is 24.3 Å². The van der Waals surface area contributed by atoms with Crippen LogP contribution in [0, 0.1) is 0 Å². The Balaban J connectivity index is 1.50. The predicted octanol–water partition coefficient (Wildman–Crippen LogP) is 2.70. The number of hydrogen-bond donors (Lipinski definition) is 1. The van der Waals surface area contributed by atoms with Crippen LogP contribution in [0.4, 0.5) is 5.82 Å². The zero-order valence-corrected chi connectivity index (χ0v) is 15.0. The highest BCUT2D eigenvalue weighted by Gasteiger charge is 2.21. The number of fused-ring (bicyclic) bond motifs is 1. The number of nitrogens with zero attached hydrogens (tertiary/aromatic N) is 3. The first-order valence-corrected chi connectivity index (χ1v) is 8.44. The van der Waals surface area contributed by atoms with Crippen molar-refractivity contribution in [2.45, 2.75) is 6.61 Å². The summed E-state index contributed by atoms with van der Waals surface area (Å²) in [6.07, 6.45) is 0. The van der Waals surface area contributed by atoms with Crippen molar-refractivity contribution in [1.29, 1.82) is 0 Å². The Morgan fingerprint density at radius 3 is 2.69 bits per heavy atom. The van der Waals surface area contributed by atoms with Crippen molar-refractivity contribution in [3.8, 4) is 17.2 Å². The minimum atomic E-state index is -0.658. The molecule has 1 aromatic heterocycles. The fourth-order valence-corrected chi connectivity index (χ4v) is 2.86. The quantitative estimate of drug-likeness (QED) is 0.652. The molecule has 0 fully saturated rings. The van der Waals surface area contributed by atoms with Gasteiger partial charge >= 0.3 is 5.97 Å². The van der Waals surface area contributed by atoms with E-state index in [0.29, 0.717) is 17.2 Å². The van der Waals surface area contributed by atoms with Crippen LogP contribution in [0.25, 0.3) is 5.69 Å². The van der Waals surface area contributed by atoms with Crippen LogP contribution in [0.5, 0.6) is 11.5 Å². The molecule has 9 heteroatoms. The number of aromatic nitrogens is 3. The van der Waals surface area contributed by atoms with Gasteiger partial charge in [-0.2, -0.15) is 0 Å². The SMILES string of the molecule is Nc1nn(-c2ccccc2)nc1C(=O)OCc1cc2c(cc1Br)OCO2. The molecule has 1 aliphatic rings. The normalized spacial score (nSPS) is 12.2. The van der Waals surface area contributed by atoms with Crippen molar-refractivity contribution in [1.82, 2.24) is 15.0 Å². The fourth-order valence-electron chi connectivity index (χ4n) is 2.42. The summed E-state index contributed by atoms with van der Waals surface area (Å²) in [7, 11) is 0. The van der Waals surface area contributed by atoms with Crippen LogP contribution >= 0.6 is 15.9 Å². The molecular formula is C17H13BrN4O4. The summed E-state index contributed by atoms with van der Waals surface area (Å²) in [5.41, 5.74) is 7.20. The van der Waals surface area contributed by atoms with E-state index in [2.05, 4.69) is 26.1 Å². The molecule has 0 amide bonds. The van der Waals surface area contributed by atoms with Gasteiger partial charge in [0.15, 0.2) is 17.3 Å². The second-order valence-electron chi connectivity index (χ2n) is 5.43. The summed E-state index contributed by atoms with van der Waals surface area (Å²) in [4.78, 5) is 13.6. The van der Waals surface area contributed by atoms with Gasteiger partial charge in [0, 0.05) is 10.0 Å². The van der Waals surface area contributed by atoms with E-state index in [9.17, 15) is 4.79 Å². The van der Waals surface area contributed by atoms with Crippen molar-refractivity contribution in [2.75, 3.05) is 12.5 Å². The van der Waals surface area contributed by atoms with E-state index >= 15 is 0 Å². The predicted molar refractivity (Wildman–Crippen MR) is 95.2 cm³/mol. The molecule has 132 valence electrons. The molecule has 1 aliphatic heterocycles. The highest BCUT2D eigenvalue weighted by Crippen LogP contribution is 2.37. The Morgan fingerprint density at radius 2 is 1.92 bits per heavy atom. The van der Waals surface area contributed by atoms with Gasteiger partial charge in [-0.3, -0.25) is 0 Å². The Labute approximate surface area is 156 Å². The third-order valence-electron chi connectivity index (χ3n) is 3.72. The van der Waals surface area contributed by atoms with Crippen LogP contribution < -0.4 is 15.2 Å². The second-order valence-corrected chi connectivity index (χ2v) is 6.29. The van der Waals surface area contributed by atoms with Crippen LogP contribution in [0.2, 0.25) is 0 Å². The lowest BCUT2D eigenvalue weighted by atomic mass is 10.2. The van der Waals surface area contributed by atoms with Crippen LogP contribution in [0.3, 0.4) is 0 Å². The Hall–Kier alpha value is -3.07. The van der Waals surface area contributed by atoms with E-state index in [1.165, 1.54) is 4.80 Å². The topological polar surface area (TPSA) is 101 Å². The zero-order chi connectivity index (χ0) is 18.1. The molecular weight excluding hydrogens is 404 g/mol. The Kier molecular flexibility index (Phi) is 4.21. The van der Waals surface area contributed by atoms with Crippen molar-refractivity contribution in [3.63, 3.8) is 0 Å². The summed E-state index contributed by atoms with van der Waals surface area (Å²) < 4.78 is 16.7. The third kappa shape index (κ3) is 3.08. The second kappa shape index (κ2) is 6.68. The number of anilines is 1. The summed E-state index contributed by atoms with van der Waals surface area (Å²) in [5, 5.41) is 8.18. The minimum Gasteiger partial charge on any atom is -0.456 e. The maximum atomic E-state index is 12.3. The number of rotatable bonds is 4. The van der Waals surface area contributed by atoms with E-state index in [0.717, 1.165) is 10.0 Å². The average Bonchev–Trinajstić information content (AvgIpc) is 3.26. The van der Waals surface area contributed by atoms with E-state index in [1.54, 1.807) is 24.3 Å². The molecule has 0 bridgehead atoms. The molecule has 0 atom stereocenters. The van der Waals surface area contributed by atoms with Crippen molar-refractivity contribution >= 4 is 27.7 Å². The highest BCUT2D eigenvalue weighted by molar-refractivity contribution is 9.10. The molecule has 2 aromatic carbocycles. The third-order valence-corrected chi connectivity index (χ3v) is 4.46. The van der Waals surface area contributed by atoms with Gasteiger partial charge in [-0.25, -0.2) is 4.79 Å². The van der Waals surface area contributed by atoms with Crippen LogP contribution in [0.15, 0.2) is 46.9 Å². The first kappa shape index (κ1) is 16.4. The molecule has 8 nitrogen and oxygen atoms in total. The fraction of sp³-hybridized carbons (Fsp3) is 0.118. The summed E-state index contributed by atoms with van der Waals surface area (Å²) >= 11 is 3.42. The van der Waals surface area contributed by atoms with E-state index in [1.807, 2.05) is 18.2 Å². The van der Waals surface area contributed by atoms with E-state index in [4.69, 9.17) is 19.9 Å². The lowest BCUT2D eigenvalue weighted by Crippen LogP contribution is -2.09. The summed E-state index contributed by atoms with van der Waals surface area (Å²) in [6.45, 7) is 0.192. The largest absolute Gasteiger partial charge is 0.456 e. The molecule has 26 heavy (non-hydrogen) atoms. The number of carbonyl (C=O) groups excluding carboxylic acids is 1. The van der Waals surface area contributed by atoms with Gasteiger partial charge in [-0.1, -0.05) is 34.1 Å². The maximum absolute atomic E-state index is 12.3. The van der Waals surface area contributed by atoms with Gasteiger partial charge in [0.1, 0.15) is 6.61 Å². The first-order chi connectivity index (χ1) is 12.6. The molecule has 0 saturated heterocycles. The molecule has 0 aliphatic carbocycles. The number of benzene rings is 2. The number of nitrogen functional groups attached to an aromatic ring is 1. The smallest absolute Gasteiger partial charge is 0.363 e. The number of carbonyl (C=O) groups is 1. The van der Waals surface area contributed by atoms with Gasteiger partial charge < -0.3 is 19.9 Å². The van der Waals surface area contributed by atoms with Gasteiger partial charge in [0.25, 0.3) is 0 Å². The Bertz CT molecular complexity index is 974. The number of ether oxygens (including phenoxy) is 3. The van der Waals surface area contributed by atoms with Gasteiger partial charge in [0.05, 0.1) is 5.69 Å². The molecule has 2 heterocycles. The number of hydrogen-bond acceptors (Lipinski definition) is 7. The van der Waals surface area contributed by atoms with Gasteiger partial charge in [-0.15, -0.1) is 15.0 Å². The molecule has 0 spiro atoms. The van der Waals surface area contributed by atoms with Crippen LogP contribution in [-0.4, -0.2) is 27.8 Å². The van der Waals surface area contributed by atoms with Crippen molar-refractivity contribution in [3.05, 3.63) is 58.2 Å². The van der Waals surface area contributed by atoms with Crippen LogP contribution in [-0.2, 0) is 11.3 Å². The molecule has 3 aromatic rings. The molecule has 0 radical (unpaired) electrons. The lowest BCUT2D eigenvalue weighted by Gasteiger charge is -2.07. The zero-order valence-electron chi connectivity index (χ0n) is 13.4. The monoisotopic (exact) mass is 416 g/mol. The first-order valence-electron chi connectivity index (χ1n) is 7.65. The molecule has 0 saturated carbocycles. The number of para-hydroxylation sites is 1.